The molecule has 0 saturated carbocycles. The van der Waals surface area contributed by atoms with Crippen LogP contribution in [0.1, 0.15) is 22.7 Å². The van der Waals surface area contributed by atoms with Crippen LogP contribution in [0.25, 0.3) is 0 Å². The molecular formula is C15H19BrN2S. The van der Waals surface area contributed by atoms with Crippen LogP contribution in [-0.2, 0) is 0 Å². The summed E-state index contributed by atoms with van der Waals surface area (Å²) in [6, 6.07) is 11.0. The highest BCUT2D eigenvalue weighted by molar-refractivity contribution is 9.10. The summed E-state index contributed by atoms with van der Waals surface area (Å²) < 4.78 is 1.09. The Hall–Kier alpha value is -1.00. The topological polar surface area (TPSA) is 15.3 Å². The smallest absolute Gasteiger partial charge is 0.0597 e. The van der Waals surface area contributed by atoms with E-state index >= 15 is 0 Å². The molecule has 1 aromatic heterocycles. The molecule has 1 N–H and O–H groups in total. The normalized spacial score (nSPS) is 12.3. The van der Waals surface area contributed by atoms with Gasteiger partial charge < -0.3 is 10.2 Å². The van der Waals surface area contributed by atoms with Crippen molar-refractivity contribution in [2.45, 2.75) is 19.9 Å². The van der Waals surface area contributed by atoms with Crippen molar-refractivity contribution in [1.82, 2.24) is 0 Å². The molecule has 2 rings (SSSR count). The van der Waals surface area contributed by atoms with Crippen LogP contribution in [0.3, 0.4) is 0 Å². The van der Waals surface area contributed by atoms with Gasteiger partial charge in [-0.2, -0.15) is 0 Å². The zero-order valence-electron chi connectivity index (χ0n) is 11.7. The summed E-state index contributed by atoms with van der Waals surface area (Å²) >= 11 is 5.39. The van der Waals surface area contributed by atoms with E-state index in [9.17, 15) is 0 Å². The van der Waals surface area contributed by atoms with Crippen LogP contribution < -0.4 is 10.2 Å². The summed E-state index contributed by atoms with van der Waals surface area (Å²) in [5.74, 6) is 0. The van der Waals surface area contributed by atoms with E-state index in [0.29, 0.717) is 6.04 Å². The van der Waals surface area contributed by atoms with E-state index in [4.69, 9.17) is 0 Å². The Morgan fingerprint density at radius 3 is 2.53 bits per heavy atom. The zero-order valence-corrected chi connectivity index (χ0v) is 14.1. The lowest BCUT2D eigenvalue weighted by Crippen LogP contribution is -2.13. The summed E-state index contributed by atoms with van der Waals surface area (Å²) in [7, 11) is 4.13. The van der Waals surface area contributed by atoms with E-state index in [-0.39, 0.29) is 0 Å². The van der Waals surface area contributed by atoms with Crippen molar-refractivity contribution in [3.63, 3.8) is 0 Å². The molecule has 1 heterocycles. The number of hydrogen-bond acceptors (Lipinski definition) is 3. The van der Waals surface area contributed by atoms with E-state index in [1.807, 2.05) is 11.3 Å². The lowest BCUT2D eigenvalue weighted by molar-refractivity contribution is 0.905. The minimum absolute atomic E-state index is 0.312. The third-order valence-corrected chi connectivity index (χ3v) is 4.68. The standard InChI is InChI=1S/C15H19BrN2S/c1-10-5-8-15(19-10)11(2)17-13-9-12(16)6-7-14(13)18(3)4/h5-9,11,17H,1-4H3. The molecular weight excluding hydrogens is 320 g/mol. The van der Waals surface area contributed by atoms with Crippen LogP contribution in [0.2, 0.25) is 0 Å². The Balaban J connectivity index is 2.25. The predicted octanol–water partition coefficient (Wildman–Crippen LogP) is 5.06. The van der Waals surface area contributed by atoms with Crippen molar-refractivity contribution in [1.29, 1.82) is 0 Å². The third-order valence-electron chi connectivity index (χ3n) is 3.00. The van der Waals surface area contributed by atoms with Crippen molar-refractivity contribution in [2.24, 2.45) is 0 Å². The Bertz CT molecular complexity index is 563. The number of thiophene rings is 1. The molecule has 4 heteroatoms. The van der Waals surface area contributed by atoms with Gasteiger partial charge in [-0.3, -0.25) is 0 Å². The van der Waals surface area contributed by atoms with Gasteiger partial charge >= 0.3 is 0 Å². The molecule has 0 aliphatic rings. The molecule has 102 valence electrons. The van der Waals surface area contributed by atoms with Crippen LogP contribution in [0, 0.1) is 6.92 Å². The van der Waals surface area contributed by atoms with Crippen molar-refractivity contribution in [2.75, 3.05) is 24.3 Å². The van der Waals surface area contributed by atoms with Gasteiger partial charge in [-0.05, 0) is 44.2 Å². The number of nitrogens with zero attached hydrogens (tertiary/aromatic N) is 1. The first kappa shape index (κ1) is 14.4. The first-order valence-corrected chi connectivity index (χ1v) is 7.88. The quantitative estimate of drug-likeness (QED) is 0.838. The van der Waals surface area contributed by atoms with Crippen molar-refractivity contribution in [3.05, 3.63) is 44.6 Å². The highest BCUT2D eigenvalue weighted by atomic mass is 79.9. The number of halogens is 1. The summed E-state index contributed by atoms with van der Waals surface area (Å²) in [6.07, 6.45) is 0. The molecule has 1 unspecified atom stereocenters. The van der Waals surface area contributed by atoms with Crippen molar-refractivity contribution >= 4 is 38.6 Å². The molecule has 0 aliphatic carbocycles. The monoisotopic (exact) mass is 338 g/mol. The van der Waals surface area contributed by atoms with Crippen LogP contribution in [0.4, 0.5) is 11.4 Å². The first-order valence-electron chi connectivity index (χ1n) is 6.27. The minimum Gasteiger partial charge on any atom is -0.376 e. The molecule has 2 aromatic rings. The SMILES string of the molecule is Cc1ccc(C(C)Nc2cc(Br)ccc2N(C)C)s1. The third kappa shape index (κ3) is 3.51. The van der Waals surface area contributed by atoms with E-state index in [0.717, 1.165) is 10.2 Å². The predicted molar refractivity (Wildman–Crippen MR) is 89.6 cm³/mol. The van der Waals surface area contributed by atoms with Crippen LogP contribution in [0.15, 0.2) is 34.8 Å². The van der Waals surface area contributed by atoms with Gasteiger partial charge in [-0.1, -0.05) is 15.9 Å². The van der Waals surface area contributed by atoms with Gasteiger partial charge in [-0.25, -0.2) is 0 Å². The molecule has 0 aliphatic heterocycles. The zero-order chi connectivity index (χ0) is 14.0. The molecule has 2 nitrogen and oxygen atoms in total. The second-order valence-electron chi connectivity index (χ2n) is 4.87. The van der Waals surface area contributed by atoms with E-state index in [1.165, 1.54) is 15.4 Å². The maximum Gasteiger partial charge on any atom is 0.0597 e. The number of benzene rings is 1. The van der Waals surface area contributed by atoms with Gasteiger partial charge in [0, 0.05) is 28.3 Å². The Morgan fingerprint density at radius 2 is 1.95 bits per heavy atom. The highest BCUT2D eigenvalue weighted by Crippen LogP contribution is 2.32. The minimum atomic E-state index is 0.312. The van der Waals surface area contributed by atoms with Gasteiger partial charge in [0.2, 0.25) is 0 Å². The fourth-order valence-corrected chi connectivity index (χ4v) is 3.25. The average Bonchev–Trinajstić information content (AvgIpc) is 2.75. The number of nitrogens with one attached hydrogen (secondary N) is 1. The summed E-state index contributed by atoms with van der Waals surface area (Å²) in [4.78, 5) is 4.84. The molecule has 19 heavy (non-hydrogen) atoms. The lowest BCUT2D eigenvalue weighted by Gasteiger charge is -2.21. The maximum atomic E-state index is 3.60. The van der Waals surface area contributed by atoms with Crippen molar-refractivity contribution < 1.29 is 0 Å². The summed E-state index contributed by atoms with van der Waals surface area (Å²) in [5.41, 5.74) is 2.35. The van der Waals surface area contributed by atoms with E-state index < -0.39 is 0 Å². The molecule has 0 spiro atoms. The number of rotatable bonds is 4. The number of hydrogen-bond donors (Lipinski definition) is 1. The fraction of sp³-hybridized carbons (Fsp3) is 0.333. The maximum absolute atomic E-state index is 3.60. The highest BCUT2D eigenvalue weighted by Gasteiger charge is 2.11. The number of aryl methyl sites for hydroxylation is 1. The molecule has 0 saturated heterocycles. The average molecular weight is 339 g/mol. The van der Waals surface area contributed by atoms with Gasteiger partial charge in [0.25, 0.3) is 0 Å². The molecule has 0 amide bonds. The Kier molecular flexibility index (Phi) is 4.53. The van der Waals surface area contributed by atoms with Gasteiger partial charge in [0.1, 0.15) is 0 Å². The van der Waals surface area contributed by atoms with E-state index in [2.05, 4.69) is 84.4 Å². The molecule has 1 atom stereocenters. The van der Waals surface area contributed by atoms with Gasteiger partial charge in [-0.15, -0.1) is 11.3 Å². The van der Waals surface area contributed by atoms with Gasteiger partial charge in [0.15, 0.2) is 0 Å². The fourth-order valence-electron chi connectivity index (χ4n) is 2.00. The number of anilines is 2. The summed E-state index contributed by atoms with van der Waals surface area (Å²) in [5, 5.41) is 3.60. The largest absolute Gasteiger partial charge is 0.376 e. The van der Waals surface area contributed by atoms with Crippen LogP contribution in [0.5, 0.6) is 0 Å². The Morgan fingerprint density at radius 1 is 1.21 bits per heavy atom. The van der Waals surface area contributed by atoms with Gasteiger partial charge in [0.05, 0.1) is 17.4 Å². The first-order chi connectivity index (χ1) is 8.97. The van der Waals surface area contributed by atoms with E-state index in [1.54, 1.807) is 0 Å². The van der Waals surface area contributed by atoms with Crippen molar-refractivity contribution in [3.8, 4) is 0 Å². The molecule has 0 bridgehead atoms. The second-order valence-corrected chi connectivity index (χ2v) is 7.11. The Labute approximate surface area is 127 Å². The molecule has 1 aromatic carbocycles. The molecule has 0 radical (unpaired) electrons. The summed E-state index contributed by atoms with van der Waals surface area (Å²) in [6.45, 7) is 4.34. The van der Waals surface area contributed by atoms with Crippen LogP contribution in [-0.4, -0.2) is 14.1 Å². The second kappa shape index (κ2) is 5.97. The van der Waals surface area contributed by atoms with Crippen LogP contribution >= 0.6 is 27.3 Å². The lowest BCUT2D eigenvalue weighted by atomic mass is 10.2. The molecule has 0 fully saturated rings.